The van der Waals surface area contributed by atoms with Gasteiger partial charge in [-0.25, -0.2) is 0 Å². The van der Waals surface area contributed by atoms with Gasteiger partial charge in [0, 0.05) is 12.5 Å². The second-order valence-corrected chi connectivity index (χ2v) is 4.07. The first-order chi connectivity index (χ1) is 7.61. The van der Waals surface area contributed by atoms with E-state index in [2.05, 4.69) is 0 Å². The van der Waals surface area contributed by atoms with E-state index in [1.165, 1.54) is 6.07 Å². The summed E-state index contributed by atoms with van der Waals surface area (Å²) in [7, 11) is 0. The predicted octanol–water partition coefficient (Wildman–Crippen LogP) is 1.91. The summed E-state index contributed by atoms with van der Waals surface area (Å²) < 4.78 is 5.69. The Morgan fingerprint density at radius 1 is 1.25 bits per heavy atom. The summed E-state index contributed by atoms with van der Waals surface area (Å²) in [6, 6.07) is 5.41. The topological polar surface area (TPSA) is 56.2 Å². The fourth-order valence-electron chi connectivity index (χ4n) is 1.92. The third-order valence-corrected chi connectivity index (χ3v) is 2.60. The molecule has 0 saturated heterocycles. The highest BCUT2D eigenvalue weighted by Gasteiger charge is 2.07. The van der Waals surface area contributed by atoms with Crippen molar-refractivity contribution in [3.8, 4) is 0 Å². The lowest BCUT2D eigenvalue weighted by molar-refractivity contribution is 0.535. The Labute approximate surface area is 93.9 Å². The lowest BCUT2D eigenvalue weighted by atomic mass is 10.1. The molecule has 0 aliphatic rings. The summed E-state index contributed by atoms with van der Waals surface area (Å²) in [5.74, 6) is 0.659. The molecule has 3 nitrogen and oxygen atoms in total. The van der Waals surface area contributed by atoms with Crippen LogP contribution < -0.4 is 11.2 Å². The summed E-state index contributed by atoms with van der Waals surface area (Å²) in [5, 5.41) is 0.651. The number of benzene rings is 1. The van der Waals surface area contributed by atoms with Crippen LogP contribution in [0.2, 0.25) is 0 Å². The first-order valence-corrected chi connectivity index (χ1v) is 5.36. The molecule has 0 bridgehead atoms. The van der Waals surface area contributed by atoms with E-state index in [9.17, 15) is 4.79 Å². The minimum Gasteiger partial charge on any atom is -0.460 e. The number of rotatable bonds is 2. The Morgan fingerprint density at radius 2 is 2.00 bits per heavy atom. The Balaban J connectivity index is 2.77. The normalized spacial score (nSPS) is 10.9. The number of nitrogens with two attached hydrogens (primary N) is 1. The van der Waals surface area contributed by atoms with Gasteiger partial charge in [-0.1, -0.05) is 6.07 Å². The molecule has 3 heteroatoms. The molecule has 0 fully saturated rings. The van der Waals surface area contributed by atoms with Gasteiger partial charge in [-0.15, -0.1) is 0 Å². The van der Waals surface area contributed by atoms with Crippen LogP contribution in [0.25, 0.3) is 11.0 Å². The van der Waals surface area contributed by atoms with Gasteiger partial charge in [0.25, 0.3) is 0 Å². The highest BCUT2D eigenvalue weighted by atomic mass is 16.3. The molecule has 2 N–H and O–H groups in total. The molecule has 0 unspecified atom stereocenters. The molecular formula is C13H15NO2. The Morgan fingerprint density at radius 3 is 2.69 bits per heavy atom. The number of aryl methyl sites for hydroxylation is 2. The van der Waals surface area contributed by atoms with Crippen LogP contribution in [0.15, 0.2) is 27.4 Å². The van der Waals surface area contributed by atoms with Crippen molar-refractivity contribution in [1.29, 1.82) is 0 Å². The van der Waals surface area contributed by atoms with E-state index in [1.54, 1.807) is 0 Å². The third-order valence-electron chi connectivity index (χ3n) is 2.60. The zero-order valence-electron chi connectivity index (χ0n) is 9.54. The van der Waals surface area contributed by atoms with Crippen molar-refractivity contribution in [2.45, 2.75) is 20.3 Å². The van der Waals surface area contributed by atoms with E-state index >= 15 is 0 Å². The summed E-state index contributed by atoms with van der Waals surface area (Å²) in [6.45, 7) is 4.41. The molecule has 2 aromatic rings. The summed E-state index contributed by atoms with van der Waals surface area (Å²) in [5.41, 5.74) is 8.21. The van der Waals surface area contributed by atoms with Gasteiger partial charge < -0.3 is 10.2 Å². The zero-order valence-corrected chi connectivity index (χ0v) is 9.54. The summed E-state index contributed by atoms with van der Waals surface area (Å²) in [6.07, 6.45) is 0.596. The van der Waals surface area contributed by atoms with Crippen molar-refractivity contribution < 1.29 is 4.42 Å². The second-order valence-electron chi connectivity index (χ2n) is 4.07. The minimum absolute atomic E-state index is 0.0106. The van der Waals surface area contributed by atoms with Crippen molar-refractivity contribution in [1.82, 2.24) is 0 Å². The fraction of sp³-hybridized carbons (Fsp3) is 0.308. The average Bonchev–Trinajstić information content (AvgIpc) is 2.20. The van der Waals surface area contributed by atoms with Gasteiger partial charge in [-0.3, -0.25) is 4.79 Å². The minimum atomic E-state index is 0.0106. The second kappa shape index (κ2) is 4.10. The van der Waals surface area contributed by atoms with E-state index < -0.39 is 0 Å². The molecule has 2 rings (SSSR count). The molecule has 0 radical (unpaired) electrons. The Kier molecular flexibility index (Phi) is 2.79. The van der Waals surface area contributed by atoms with Gasteiger partial charge in [-0.2, -0.15) is 0 Å². The van der Waals surface area contributed by atoms with Gasteiger partial charge in [0.05, 0.1) is 5.39 Å². The molecule has 84 valence electrons. The maximum Gasteiger partial charge on any atom is 0.192 e. The van der Waals surface area contributed by atoms with Crippen LogP contribution in [0.3, 0.4) is 0 Å². The smallest absolute Gasteiger partial charge is 0.192 e. The molecule has 0 saturated carbocycles. The monoisotopic (exact) mass is 217 g/mol. The zero-order chi connectivity index (χ0) is 11.7. The van der Waals surface area contributed by atoms with Crippen LogP contribution in [0.1, 0.15) is 16.9 Å². The SMILES string of the molecule is Cc1cc(C)c2oc(CCN)cc(=O)c2c1. The number of hydrogen-bond donors (Lipinski definition) is 1. The Bertz CT molecular complexity index is 584. The molecule has 16 heavy (non-hydrogen) atoms. The van der Waals surface area contributed by atoms with Crippen molar-refractivity contribution in [3.63, 3.8) is 0 Å². The van der Waals surface area contributed by atoms with Gasteiger partial charge in [-0.05, 0) is 37.6 Å². The molecule has 1 aromatic heterocycles. The average molecular weight is 217 g/mol. The molecule has 0 aliphatic carbocycles. The molecule has 0 atom stereocenters. The van der Waals surface area contributed by atoms with Gasteiger partial charge >= 0.3 is 0 Å². The van der Waals surface area contributed by atoms with Gasteiger partial charge in [0.2, 0.25) is 0 Å². The molecule has 0 amide bonds. The lowest BCUT2D eigenvalue weighted by Crippen LogP contribution is -2.08. The number of hydrogen-bond acceptors (Lipinski definition) is 3. The molecule has 1 aromatic carbocycles. The maximum atomic E-state index is 11.9. The Hall–Kier alpha value is -1.61. The first-order valence-electron chi connectivity index (χ1n) is 5.36. The fourth-order valence-corrected chi connectivity index (χ4v) is 1.92. The first kappa shape index (κ1) is 10.9. The van der Waals surface area contributed by atoms with Crippen molar-refractivity contribution in [2.24, 2.45) is 5.73 Å². The highest BCUT2D eigenvalue weighted by Crippen LogP contribution is 2.19. The number of fused-ring (bicyclic) bond motifs is 1. The van der Waals surface area contributed by atoms with E-state index in [0.29, 0.717) is 29.7 Å². The predicted molar refractivity (Wildman–Crippen MR) is 64.7 cm³/mol. The van der Waals surface area contributed by atoms with Crippen molar-refractivity contribution in [2.75, 3.05) is 6.54 Å². The van der Waals surface area contributed by atoms with E-state index in [0.717, 1.165) is 11.1 Å². The van der Waals surface area contributed by atoms with Crippen LogP contribution in [0, 0.1) is 13.8 Å². The van der Waals surface area contributed by atoms with E-state index in [-0.39, 0.29) is 5.43 Å². The van der Waals surface area contributed by atoms with E-state index in [1.807, 2.05) is 26.0 Å². The molecule has 1 heterocycles. The van der Waals surface area contributed by atoms with E-state index in [4.69, 9.17) is 10.2 Å². The molecule has 0 spiro atoms. The molecular weight excluding hydrogens is 202 g/mol. The van der Waals surface area contributed by atoms with Gasteiger partial charge in [0.1, 0.15) is 11.3 Å². The van der Waals surface area contributed by atoms with Crippen molar-refractivity contribution >= 4 is 11.0 Å². The van der Waals surface area contributed by atoms with Crippen LogP contribution in [-0.4, -0.2) is 6.54 Å². The quantitative estimate of drug-likeness (QED) is 0.836. The summed E-state index contributed by atoms with van der Waals surface area (Å²) in [4.78, 5) is 11.9. The van der Waals surface area contributed by atoms with Crippen LogP contribution in [0.4, 0.5) is 0 Å². The van der Waals surface area contributed by atoms with Gasteiger partial charge in [0.15, 0.2) is 5.43 Å². The third kappa shape index (κ3) is 1.86. The van der Waals surface area contributed by atoms with Crippen LogP contribution in [-0.2, 0) is 6.42 Å². The highest BCUT2D eigenvalue weighted by molar-refractivity contribution is 5.80. The largest absolute Gasteiger partial charge is 0.460 e. The van der Waals surface area contributed by atoms with Crippen LogP contribution >= 0.6 is 0 Å². The standard InChI is InChI=1S/C13H15NO2/c1-8-5-9(2)13-11(6-8)12(15)7-10(16-13)3-4-14/h5-7H,3-4,14H2,1-2H3. The summed E-state index contributed by atoms with van der Waals surface area (Å²) >= 11 is 0. The maximum absolute atomic E-state index is 11.9. The molecule has 0 aliphatic heterocycles. The van der Waals surface area contributed by atoms with Crippen molar-refractivity contribution in [3.05, 3.63) is 45.3 Å². The lowest BCUT2D eigenvalue weighted by Gasteiger charge is -2.05. The van der Waals surface area contributed by atoms with Crippen LogP contribution in [0.5, 0.6) is 0 Å².